The topological polar surface area (TPSA) is 44.7 Å². The molecule has 0 amide bonds. The lowest BCUT2D eigenvalue weighted by molar-refractivity contribution is 0.343. The van der Waals surface area contributed by atoms with Gasteiger partial charge in [-0.1, -0.05) is 25.2 Å². The average molecular weight is 278 g/mol. The van der Waals surface area contributed by atoms with Gasteiger partial charge < -0.3 is 8.98 Å². The Morgan fingerprint density at radius 3 is 2.00 bits per heavy atom. The zero-order valence-corrected chi connectivity index (χ0v) is 14.3. The van der Waals surface area contributed by atoms with Gasteiger partial charge in [0.2, 0.25) is 0 Å². The molecule has 0 fully saturated rings. The summed E-state index contributed by atoms with van der Waals surface area (Å²) in [4.78, 5) is 0. The monoisotopic (exact) mass is 277 g/mol. The summed E-state index contributed by atoms with van der Waals surface area (Å²) in [7, 11) is -1.71. The van der Waals surface area contributed by atoms with Gasteiger partial charge in [-0.15, -0.1) is 0 Å². The number of hydrogen-bond donors (Lipinski definition) is 0. The Labute approximate surface area is 110 Å². The van der Waals surface area contributed by atoms with Crippen LogP contribution in [0.5, 0.6) is 0 Å². The van der Waals surface area contributed by atoms with Crippen LogP contribution in [0.25, 0.3) is 0 Å². The van der Waals surface area contributed by atoms with Crippen molar-refractivity contribution in [3.05, 3.63) is 0 Å². The predicted molar refractivity (Wildman–Crippen MR) is 79.5 cm³/mol. The van der Waals surface area contributed by atoms with Crippen LogP contribution in [0.2, 0.25) is 18.1 Å². The SMILES string of the molecule is CC(C)(C)[S@+]([O-])N=CCO[Si](C)(C)C(C)(C)C. The molecule has 0 unspecified atom stereocenters. The van der Waals surface area contributed by atoms with Crippen molar-refractivity contribution in [2.24, 2.45) is 4.40 Å². The van der Waals surface area contributed by atoms with Crippen LogP contribution < -0.4 is 0 Å². The molecular formula is C12H27NO2SSi. The summed E-state index contributed by atoms with van der Waals surface area (Å²) in [5, 5.41) is 0.198. The van der Waals surface area contributed by atoms with Crippen molar-refractivity contribution in [2.45, 2.75) is 64.4 Å². The van der Waals surface area contributed by atoms with E-state index >= 15 is 0 Å². The highest BCUT2D eigenvalue weighted by atomic mass is 32.2. The highest BCUT2D eigenvalue weighted by Crippen LogP contribution is 2.36. The summed E-state index contributed by atoms with van der Waals surface area (Å²) >= 11 is -1.18. The third kappa shape index (κ3) is 6.04. The highest BCUT2D eigenvalue weighted by Gasteiger charge is 2.36. The molecular weight excluding hydrogens is 250 g/mol. The van der Waals surface area contributed by atoms with Gasteiger partial charge in [0.1, 0.15) is 16.1 Å². The molecule has 17 heavy (non-hydrogen) atoms. The van der Waals surface area contributed by atoms with Gasteiger partial charge in [-0.25, -0.2) is 0 Å². The van der Waals surface area contributed by atoms with Crippen molar-refractivity contribution in [1.29, 1.82) is 0 Å². The quantitative estimate of drug-likeness (QED) is 0.448. The van der Waals surface area contributed by atoms with E-state index in [1.54, 1.807) is 6.21 Å². The van der Waals surface area contributed by atoms with Gasteiger partial charge in [0.25, 0.3) is 0 Å². The highest BCUT2D eigenvalue weighted by molar-refractivity contribution is 7.91. The van der Waals surface area contributed by atoms with E-state index in [-0.39, 0.29) is 9.79 Å². The minimum absolute atomic E-state index is 0.198. The van der Waals surface area contributed by atoms with E-state index < -0.39 is 19.7 Å². The second-order valence-electron chi connectivity index (χ2n) is 6.72. The summed E-state index contributed by atoms with van der Waals surface area (Å²) in [6, 6.07) is 0. The fourth-order valence-corrected chi connectivity index (χ4v) is 2.16. The summed E-state index contributed by atoms with van der Waals surface area (Å²) in [5.74, 6) is 0. The minimum Gasteiger partial charge on any atom is -0.591 e. The van der Waals surface area contributed by atoms with Crippen LogP contribution in [0.3, 0.4) is 0 Å². The molecule has 3 nitrogen and oxygen atoms in total. The fraction of sp³-hybridized carbons (Fsp3) is 0.917. The molecule has 0 aromatic carbocycles. The van der Waals surface area contributed by atoms with E-state index in [0.29, 0.717) is 6.61 Å². The molecule has 0 rings (SSSR count). The lowest BCUT2D eigenvalue weighted by atomic mass is 10.2. The first kappa shape index (κ1) is 17.2. The minimum atomic E-state index is -1.71. The molecule has 0 heterocycles. The van der Waals surface area contributed by atoms with Gasteiger partial charge in [0.15, 0.2) is 8.32 Å². The molecule has 0 aliphatic carbocycles. The van der Waals surface area contributed by atoms with Gasteiger partial charge in [-0.2, -0.15) is 0 Å². The van der Waals surface area contributed by atoms with Crippen molar-refractivity contribution >= 4 is 25.9 Å². The van der Waals surface area contributed by atoms with E-state index in [9.17, 15) is 4.55 Å². The van der Waals surface area contributed by atoms with Gasteiger partial charge in [0.05, 0.1) is 12.8 Å². The molecule has 0 saturated heterocycles. The van der Waals surface area contributed by atoms with Crippen molar-refractivity contribution in [1.82, 2.24) is 0 Å². The summed E-state index contributed by atoms with van der Waals surface area (Å²) < 4.78 is 21.3. The largest absolute Gasteiger partial charge is 0.591 e. The van der Waals surface area contributed by atoms with E-state index in [1.807, 2.05) is 20.8 Å². The number of hydrogen-bond acceptors (Lipinski definition) is 3. The van der Waals surface area contributed by atoms with Gasteiger partial charge >= 0.3 is 0 Å². The molecule has 0 aliphatic heterocycles. The van der Waals surface area contributed by atoms with E-state index in [1.165, 1.54) is 0 Å². The lowest BCUT2D eigenvalue weighted by Gasteiger charge is -2.35. The van der Waals surface area contributed by atoms with Gasteiger partial charge in [0, 0.05) is 0 Å². The Morgan fingerprint density at radius 1 is 1.18 bits per heavy atom. The van der Waals surface area contributed by atoms with Crippen molar-refractivity contribution in [3.8, 4) is 0 Å². The predicted octanol–water partition coefficient (Wildman–Crippen LogP) is 3.54. The Morgan fingerprint density at radius 2 is 1.65 bits per heavy atom. The van der Waals surface area contributed by atoms with Crippen LogP contribution in [0, 0.1) is 0 Å². The van der Waals surface area contributed by atoms with Crippen LogP contribution in [0.15, 0.2) is 4.40 Å². The van der Waals surface area contributed by atoms with E-state index in [2.05, 4.69) is 38.3 Å². The molecule has 0 spiro atoms. The van der Waals surface area contributed by atoms with E-state index in [0.717, 1.165) is 0 Å². The third-order valence-electron chi connectivity index (χ3n) is 3.02. The van der Waals surface area contributed by atoms with Crippen molar-refractivity contribution in [2.75, 3.05) is 6.61 Å². The average Bonchev–Trinajstić information content (AvgIpc) is 2.08. The van der Waals surface area contributed by atoms with Crippen LogP contribution >= 0.6 is 0 Å². The Kier molecular flexibility index (Phi) is 5.92. The third-order valence-corrected chi connectivity index (χ3v) is 8.91. The smallest absolute Gasteiger partial charge is 0.192 e. The van der Waals surface area contributed by atoms with Crippen LogP contribution in [0.1, 0.15) is 41.5 Å². The molecule has 0 radical (unpaired) electrons. The summed E-state index contributed by atoms with van der Waals surface area (Å²) in [6.07, 6.45) is 1.64. The first-order chi connectivity index (χ1) is 7.38. The van der Waals surface area contributed by atoms with Crippen LogP contribution in [0.4, 0.5) is 0 Å². The molecule has 0 N–H and O–H groups in total. The Hall–Kier alpha value is 0.157. The molecule has 102 valence electrons. The Bertz CT molecular complexity index is 267. The van der Waals surface area contributed by atoms with Crippen molar-refractivity contribution in [3.63, 3.8) is 0 Å². The molecule has 0 aromatic heterocycles. The van der Waals surface area contributed by atoms with Crippen LogP contribution in [-0.2, 0) is 15.8 Å². The zero-order chi connectivity index (χ0) is 13.9. The second kappa shape index (κ2) is 5.86. The van der Waals surface area contributed by atoms with Crippen LogP contribution in [-0.4, -0.2) is 30.4 Å². The lowest BCUT2D eigenvalue weighted by Crippen LogP contribution is -2.41. The van der Waals surface area contributed by atoms with E-state index in [4.69, 9.17) is 4.43 Å². The zero-order valence-electron chi connectivity index (χ0n) is 12.5. The van der Waals surface area contributed by atoms with Gasteiger partial charge in [-0.3, -0.25) is 0 Å². The summed E-state index contributed by atoms with van der Waals surface area (Å²) in [6.45, 7) is 17.2. The maximum atomic E-state index is 11.7. The summed E-state index contributed by atoms with van der Waals surface area (Å²) in [5.41, 5.74) is 0. The normalized spacial score (nSPS) is 16.5. The molecule has 1 atom stereocenters. The molecule has 5 heteroatoms. The standard InChI is InChI=1S/C12H27NO2SSi/c1-11(2,3)16(14)13-9-10-15-17(7,8)12(4,5)6/h9H,10H2,1-8H3/t16-/m0/s1. The number of nitrogens with zero attached hydrogens (tertiary/aromatic N) is 1. The molecule has 0 saturated carbocycles. The fourth-order valence-electron chi connectivity index (χ4n) is 0.718. The van der Waals surface area contributed by atoms with Gasteiger partial charge in [-0.05, 0) is 38.9 Å². The number of rotatable bonds is 4. The van der Waals surface area contributed by atoms with Crippen molar-refractivity contribution < 1.29 is 8.98 Å². The first-order valence-electron chi connectivity index (χ1n) is 5.96. The molecule has 0 aliphatic rings. The maximum absolute atomic E-state index is 11.7. The maximum Gasteiger partial charge on any atom is 0.192 e. The second-order valence-corrected chi connectivity index (χ2v) is 13.5. The molecule has 0 aromatic rings. The molecule has 0 bridgehead atoms. The first-order valence-corrected chi connectivity index (χ1v) is 9.98. The Balaban J connectivity index is 4.22.